The van der Waals surface area contributed by atoms with Crippen LogP contribution in [0.15, 0.2) is 33.4 Å². The molecule has 4 nitrogen and oxygen atoms in total. The van der Waals surface area contributed by atoms with E-state index in [4.69, 9.17) is 15.0 Å². The van der Waals surface area contributed by atoms with Crippen molar-refractivity contribution in [2.45, 2.75) is 0 Å². The second-order valence-electron chi connectivity index (χ2n) is 2.93. The Morgan fingerprint density at radius 2 is 2.27 bits per heavy atom. The van der Waals surface area contributed by atoms with Gasteiger partial charge in [-0.2, -0.15) is 0 Å². The van der Waals surface area contributed by atoms with E-state index in [1.807, 2.05) is 18.2 Å². The molecule has 2 aromatic rings. The lowest BCUT2D eigenvalue weighted by Crippen LogP contribution is -1.90. The highest BCUT2D eigenvalue weighted by Crippen LogP contribution is 2.38. The van der Waals surface area contributed by atoms with E-state index in [2.05, 4.69) is 21.1 Å². The molecule has 0 amide bonds. The van der Waals surface area contributed by atoms with Crippen molar-refractivity contribution in [3.8, 4) is 17.1 Å². The number of hydrogen-bond donors (Lipinski definition) is 1. The van der Waals surface area contributed by atoms with E-state index in [9.17, 15) is 0 Å². The quantitative estimate of drug-likeness (QED) is 0.910. The second-order valence-corrected chi connectivity index (χ2v) is 3.79. The number of benzene rings is 1. The Labute approximate surface area is 95.1 Å². The summed E-state index contributed by atoms with van der Waals surface area (Å²) in [4.78, 5) is 0. The molecule has 0 radical (unpaired) electrons. The van der Waals surface area contributed by atoms with Crippen molar-refractivity contribution in [1.29, 1.82) is 0 Å². The van der Waals surface area contributed by atoms with Gasteiger partial charge in [-0.3, -0.25) is 0 Å². The molecule has 2 rings (SSSR count). The molecule has 0 spiro atoms. The van der Waals surface area contributed by atoms with Gasteiger partial charge in [0.1, 0.15) is 11.4 Å². The number of methoxy groups -OCH3 is 1. The second kappa shape index (κ2) is 3.94. The lowest BCUT2D eigenvalue weighted by molar-refractivity contribution is 0.404. The van der Waals surface area contributed by atoms with Crippen LogP contribution in [0.4, 0.5) is 5.69 Å². The van der Waals surface area contributed by atoms with Gasteiger partial charge in [0, 0.05) is 0 Å². The molecule has 0 atom stereocenters. The zero-order chi connectivity index (χ0) is 10.8. The molecule has 0 bridgehead atoms. The number of aromatic nitrogens is 1. The summed E-state index contributed by atoms with van der Waals surface area (Å²) in [6.45, 7) is 0. The van der Waals surface area contributed by atoms with E-state index in [1.54, 1.807) is 7.11 Å². The summed E-state index contributed by atoms with van der Waals surface area (Å²) in [6, 6.07) is 5.62. The molecule has 0 aliphatic heterocycles. The normalized spacial score (nSPS) is 10.3. The van der Waals surface area contributed by atoms with Gasteiger partial charge in [-0.15, -0.1) is 0 Å². The molecule has 1 aromatic carbocycles. The number of nitrogens with zero attached hydrogens (tertiary/aromatic N) is 1. The van der Waals surface area contributed by atoms with Crippen LogP contribution in [-0.4, -0.2) is 12.3 Å². The maximum absolute atomic E-state index is 5.72. The van der Waals surface area contributed by atoms with Crippen molar-refractivity contribution < 1.29 is 9.26 Å². The van der Waals surface area contributed by atoms with Crippen molar-refractivity contribution in [2.75, 3.05) is 12.8 Å². The van der Waals surface area contributed by atoms with Crippen LogP contribution in [0, 0.1) is 0 Å². The summed E-state index contributed by atoms with van der Waals surface area (Å²) >= 11 is 3.39. The van der Waals surface area contributed by atoms with Crippen molar-refractivity contribution in [1.82, 2.24) is 5.16 Å². The highest BCUT2D eigenvalue weighted by atomic mass is 79.9. The Balaban J connectivity index is 2.63. The predicted molar refractivity (Wildman–Crippen MR) is 60.6 cm³/mol. The van der Waals surface area contributed by atoms with Gasteiger partial charge in [0.25, 0.3) is 0 Å². The van der Waals surface area contributed by atoms with E-state index in [-0.39, 0.29) is 0 Å². The highest BCUT2D eigenvalue weighted by molar-refractivity contribution is 9.10. The zero-order valence-electron chi connectivity index (χ0n) is 8.03. The first-order valence-corrected chi connectivity index (χ1v) is 5.06. The van der Waals surface area contributed by atoms with Crippen LogP contribution in [0.25, 0.3) is 11.3 Å². The van der Waals surface area contributed by atoms with E-state index in [0.717, 1.165) is 10.0 Å². The van der Waals surface area contributed by atoms with Crippen LogP contribution < -0.4 is 10.5 Å². The average molecular weight is 269 g/mol. The van der Waals surface area contributed by atoms with Gasteiger partial charge in [-0.25, -0.2) is 0 Å². The largest absolute Gasteiger partial charge is 0.495 e. The Morgan fingerprint density at radius 1 is 1.47 bits per heavy atom. The fraction of sp³-hybridized carbons (Fsp3) is 0.100. The monoisotopic (exact) mass is 268 g/mol. The first kappa shape index (κ1) is 10.0. The Kier molecular flexibility index (Phi) is 2.64. The number of anilines is 1. The summed E-state index contributed by atoms with van der Waals surface area (Å²) in [5.41, 5.74) is 6.99. The summed E-state index contributed by atoms with van der Waals surface area (Å²) in [6.07, 6.45) is 1.47. The number of rotatable bonds is 2. The maximum Gasteiger partial charge on any atom is 0.193 e. The number of nitrogens with two attached hydrogens (primary N) is 1. The van der Waals surface area contributed by atoms with Gasteiger partial charge in [-0.05, 0) is 28.1 Å². The van der Waals surface area contributed by atoms with Crippen LogP contribution in [0.3, 0.4) is 0 Å². The molecule has 5 heteroatoms. The minimum Gasteiger partial charge on any atom is -0.495 e. The van der Waals surface area contributed by atoms with E-state index in [1.165, 1.54) is 6.20 Å². The molecule has 0 saturated heterocycles. The SMILES string of the molecule is COc1c(Br)cccc1-c1oncc1N. The van der Waals surface area contributed by atoms with Crippen molar-refractivity contribution in [2.24, 2.45) is 0 Å². The molecule has 2 N–H and O–H groups in total. The molecule has 0 saturated carbocycles. The van der Waals surface area contributed by atoms with Crippen molar-refractivity contribution in [3.05, 3.63) is 28.9 Å². The minimum absolute atomic E-state index is 0.492. The molecule has 0 aliphatic carbocycles. The minimum atomic E-state index is 0.492. The predicted octanol–water partition coefficient (Wildman–Crippen LogP) is 2.69. The van der Waals surface area contributed by atoms with Crippen LogP contribution in [0.2, 0.25) is 0 Å². The zero-order valence-corrected chi connectivity index (χ0v) is 9.61. The highest BCUT2D eigenvalue weighted by Gasteiger charge is 2.15. The first-order chi connectivity index (χ1) is 7.24. The first-order valence-electron chi connectivity index (χ1n) is 4.27. The summed E-state index contributed by atoms with van der Waals surface area (Å²) in [7, 11) is 1.59. The molecule has 0 aliphatic rings. The maximum atomic E-state index is 5.72. The molecule has 15 heavy (non-hydrogen) atoms. The molecule has 1 aromatic heterocycles. The third-order valence-corrected chi connectivity index (χ3v) is 2.64. The number of nitrogen functional groups attached to an aromatic ring is 1. The van der Waals surface area contributed by atoms with E-state index in [0.29, 0.717) is 17.2 Å². The Bertz CT molecular complexity index is 482. The number of ether oxygens (including phenoxy) is 1. The third-order valence-electron chi connectivity index (χ3n) is 2.01. The number of halogens is 1. The molecule has 1 heterocycles. The van der Waals surface area contributed by atoms with Gasteiger partial charge >= 0.3 is 0 Å². The fourth-order valence-corrected chi connectivity index (χ4v) is 1.88. The average Bonchev–Trinajstić information content (AvgIpc) is 2.64. The number of hydrogen-bond acceptors (Lipinski definition) is 4. The lowest BCUT2D eigenvalue weighted by Gasteiger charge is -2.07. The smallest absolute Gasteiger partial charge is 0.193 e. The van der Waals surface area contributed by atoms with Gasteiger partial charge in [0.15, 0.2) is 5.76 Å². The standard InChI is InChI=1S/C10H9BrN2O2/c1-14-9-6(3-2-4-7(9)11)10-8(12)5-13-15-10/h2-5H,12H2,1H3. The van der Waals surface area contributed by atoms with Gasteiger partial charge in [0.2, 0.25) is 0 Å². The number of para-hydroxylation sites is 1. The Morgan fingerprint density at radius 3 is 2.87 bits per heavy atom. The van der Waals surface area contributed by atoms with Gasteiger partial charge in [-0.1, -0.05) is 11.2 Å². The Hall–Kier alpha value is -1.49. The summed E-state index contributed by atoms with van der Waals surface area (Å²) < 4.78 is 11.2. The van der Waals surface area contributed by atoms with Crippen LogP contribution in [0.5, 0.6) is 5.75 Å². The van der Waals surface area contributed by atoms with E-state index >= 15 is 0 Å². The molecule has 78 valence electrons. The van der Waals surface area contributed by atoms with Crippen LogP contribution in [0.1, 0.15) is 0 Å². The molecular weight excluding hydrogens is 260 g/mol. The summed E-state index contributed by atoms with van der Waals surface area (Å²) in [5.74, 6) is 1.20. The van der Waals surface area contributed by atoms with Crippen LogP contribution in [-0.2, 0) is 0 Å². The topological polar surface area (TPSA) is 61.3 Å². The fourth-order valence-electron chi connectivity index (χ4n) is 1.35. The molecular formula is C10H9BrN2O2. The lowest BCUT2D eigenvalue weighted by atomic mass is 10.1. The van der Waals surface area contributed by atoms with E-state index < -0.39 is 0 Å². The molecule has 0 fully saturated rings. The van der Waals surface area contributed by atoms with Crippen molar-refractivity contribution >= 4 is 21.6 Å². The van der Waals surface area contributed by atoms with Gasteiger partial charge in [0.05, 0.1) is 23.3 Å². The van der Waals surface area contributed by atoms with Crippen molar-refractivity contribution in [3.63, 3.8) is 0 Å². The van der Waals surface area contributed by atoms with Gasteiger partial charge < -0.3 is 15.0 Å². The van der Waals surface area contributed by atoms with Crippen LogP contribution >= 0.6 is 15.9 Å². The third kappa shape index (κ3) is 1.70. The summed E-state index contributed by atoms with van der Waals surface area (Å²) in [5, 5.41) is 3.63. The molecule has 0 unspecified atom stereocenters.